The van der Waals surface area contributed by atoms with Gasteiger partial charge in [0.1, 0.15) is 28.7 Å². The third kappa shape index (κ3) is 2.48. The van der Waals surface area contributed by atoms with E-state index in [0.29, 0.717) is 17.1 Å². The first-order valence-electron chi connectivity index (χ1n) is 6.36. The number of methoxy groups -OCH3 is 1. The van der Waals surface area contributed by atoms with Crippen molar-refractivity contribution in [3.8, 4) is 5.75 Å². The summed E-state index contributed by atoms with van der Waals surface area (Å²) in [7, 11) is 1.56. The number of halogens is 2. The fraction of sp³-hybridized carbons (Fsp3) is 0.125. The van der Waals surface area contributed by atoms with E-state index in [-0.39, 0.29) is 5.56 Å². The van der Waals surface area contributed by atoms with E-state index in [9.17, 15) is 8.78 Å². The summed E-state index contributed by atoms with van der Waals surface area (Å²) < 4.78 is 37.5. The highest BCUT2D eigenvalue weighted by atomic mass is 19.1. The molecule has 0 spiro atoms. The maximum absolute atomic E-state index is 13.8. The summed E-state index contributed by atoms with van der Waals surface area (Å²) in [5.74, 6) is -0.271. The molecule has 0 aliphatic rings. The van der Waals surface area contributed by atoms with Gasteiger partial charge in [-0.3, -0.25) is 0 Å². The Morgan fingerprint density at radius 1 is 1.10 bits per heavy atom. The van der Waals surface area contributed by atoms with E-state index in [1.807, 2.05) is 6.07 Å². The first kappa shape index (κ1) is 13.6. The van der Waals surface area contributed by atoms with Crippen LogP contribution in [0.1, 0.15) is 17.4 Å². The minimum absolute atomic E-state index is 0.183. The number of furan rings is 1. The second-order valence-electron chi connectivity index (χ2n) is 4.70. The van der Waals surface area contributed by atoms with Crippen molar-refractivity contribution in [3.63, 3.8) is 0 Å². The maximum Gasteiger partial charge on any atom is 0.138 e. The molecule has 1 heterocycles. The van der Waals surface area contributed by atoms with E-state index in [1.54, 1.807) is 25.3 Å². The summed E-state index contributed by atoms with van der Waals surface area (Å²) in [4.78, 5) is 0. The standard InChI is InChI=1S/C16H13F2NO2/c1-20-11-4-2-9-6-15(21-14(9)8-11)16(19)12-5-3-10(17)7-13(12)18/h2-8,16H,19H2,1H3. The van der Waals surface area contributed by atoms with Crippen molar-refractivity contribution in [1.29, 1.82) is 0 Å². The number of hydrogen-bond acceptors (Lipinski definition) is 3. The van der Waals surface area contributed by atoms with Crippen LogP contribution < -0.4 is 10.5 Å². The smallest absolute Gasteiger partial charge is 0.138 e. The van der Waals surface area contributed by atoms with Crippen molar-refractivity contribution in [2.75, 3.05) is 7.11 Å². The highest BCUT2D eigenvalue weighted by molar-refractivity contribution is 5.79. The molecule has 0 saturated carbocycles. The normalized spacial score (nSPS) is 12.6. The fourth-order valence-electron chi connectivity index (χ4n) is 2.22. The summed E-state index contributed by atoms with van der Waals surface area (Å²) in [6, 6.07) is 9.59. The molecule has 3 aromatic rings. The summed E-state index contributed by atoms with van der Waals surface area (Å²) in [5.41, 5.74) is 6.80. The molecule has 0 saturated heterocycles. The van der Waals surface area contributed by atoms with Gasteiger partial charge in [-0.15, -0.1) is 0 Å². The van der Waals surface area contributed by atoms with Crippen LogP contribution >= 0.6 is 0 Å². The molecule has 0 radical (unpaired) electrons. The molecule has 0 fully saturated rings. The molecule has 2 aromatic carbocycles. The van der Waals surface area contributed by atoms with E-state index in [2.05, 4.69) is 0 Å². The van der Waals surface area contributed by atoms with Crippen LogP contribution in [0.5, 0.6) is 5.75 Å². The van der Waals surface area contributed by atoms with Gasteiger partial charge in [-0.2, -0.15) is 0 Å². The average molecular weight is 289 g/mol. The molecule has 108 valence electrons. The van der Waals surface area contributed by atoms with Gasteiger partial charge in [-0.25, -0.2) is 8.78 Å². The van der Waals surface area contributed by atoms with Gasteiger partial charge >= 0.3 is 0 Å². The second kappa shape index (κ2) is 5.18. The minimum atomic E-state index is -0.802. The monoisotopic (exact) mass is 289 g/mol. The Balaban J connectivity index is 2.02. The van der Waals surface area contributed by atoms with Gasteiger partial charge < -0.3 is 14.9 Å². The summed E-state index contributed by atoms with van der Waals surface area (Å²) in [5, 5.41) is 0.837. The lowest BCUT2D eigenvalue weighted by Gasteiger charge is -2.10. The highest BCUT2D eigenvalue weighted by Gasteiger charge is 2.18. The van der Waals surface area contributed by atoms with Crippen molar-refractivity contribution in [2.24, 2.45) is 5.73 Å². The van der Waals surface area contributed by atoms with Crippen LogP contribution in [-0.2, 0) is 0 Å². The first-order chi connectivity index (χ1) is 10.1. The molecule has 21 heavy (non-hydrogen) atoms. The van der Waals surface area contributed by atoms with Crippen LogP contribution in [0.2, 0.25) is 0 Å². The van der Waals surface area contributed by atoms with Crippen molar-refractivity contribution in [1.82, 2.24) is 0 Å². The molecule has 1 unspecified atom stereocenters. The molecule has 0 aliphatic heterocycles. The molecule has 3 nitrogen and oxygen atoms in total. The Hall–Kier alpha value is -2.40. The molecule has 2 N–H and O–H groups in total. The Labute approximate surface area is 119 Å². The molecule has 0 amide bonds. The van der Waals surface area contributed by atoms with E-state index in [0.717, 1.165) is 11.5 Å². The van der Waals surface area contributed by atoms with E-state index >= 15 is 0 Å². The van der Waals surface area contributed by atoms with Crippen molar-refractivity contribution in [3.05, 3.63) is 65.4 Å². The largest absolute Gasteiger partial charge is 0.497 e. The van der Waals surface area contributed by atoms with Gasteiger partial charge in [0.15, 0.2) is 0 Å². The fourth-order valence-corrected chi connectivity index (χ4v) is 2.22. The van der Waals surface area contributed by atoms with Crippen LogP contribution in [0.4, 0.5) is 8.78 Å². The van der Waals surface area contributed by atoms with Crippen molar-refractivity contribution < 1.29 is 17.9 Å². The van der Waals surface area contributed by atoms with Gasteiger partial charge in [0.25, 0.3) is 0 Å². The quantitative estimate of drug-likeness (QED) is 0.798. The lowest BCUT2D eigenvalue weighted by atomic mass is 10.0. The summed E-state index contributed by atoms with van der Waals surface area (Å²) >= 11 is 0. The van der Waals surface area contributed by atoms with Gasteiger partial charge in [0.05, 0.1) is 13.2 Å². The lowest BCUT2D eigenvalue weighted by Crippen LogP contribution is -2.12. The average Bonchev–Trinajstić information content (AvgIpc) is 2.89. The second-order valence-corrected chi connectivity index (χ2v) is 4.70. The van der Waals surface area contributed by atoms with Gasteiger partial charge in [0.2, 0.25) is 0 Å². The molecule has 0 aliphatic carbocycles. The van der Waals surface area contributed by atoms with E-state index in [4.69, 9.17) is 14.9 Å². The Kier molecular flexibility index (Phi) is 3.35. The third-order valence-electron chi connectivity index (χ3n) is 3.35. The SMILES string of the molecule is COc1ccc2cc(C(N)c3ccc(F)cc3F)oc2c1. The highest BCUT2D eigenvalue weighted by Crippen LogP contribution is 2.30. The summed E-state index contributed by atoms with van der Waals surface area (Å²) in [6.07, 6.45) is 0. The van der Waals surface area contributed by atoms with Crippen LogP contribution in [0.15, 0.2) is 46.9 Å². The Morgan fingerprint density at radius 3 is 2.62 bits per heavy atom. The Morgan fingerprint density at radius 2 is 1.90 bits per heavy atom. The molecule has 3 rings (SSSR count). The molecule has 5 heteroatoms. The van der Waals surface area contributed by atoms with Gasteiger partial charge in [-0.1, -0.05) is 6.07 Å². The summed E-state index contributed by atoms with van der Waals surface area (Å²) in [6.45, 7) is 0. The molecular weight excluding hydrogens is 276 g/mol. The number of hydrogen-bond donors (Lipinski definition) is 1. The molecule has 1 aromatic heterocycles. The van der Waals surface area contributed by atoms with Gasteiger partial charge in [-0.05, 0) is 24.3 Å². The first-order valence-corrected chi connectivity index (χ1v) is 6.36. The maximum atomic E-state index is 13.8. The number of fused-ring (bicyclic) bond motifs is 1. The molecule has 0 bridgehead atoms. The predicted octanol–water partition coefficient (Wildman–Crippen LogP) is 3.77. The predicted molar refractivity (Wildman–Crippen MR) is 75.2 cm³/mol. The zero-order valence-electron chi connectivity index (χ0n) is 11.3. The van der Waals surface area contributed by atoms with Gasteiger partial charge in [0, 0.05) is 23.1 Å². The topological polar surface area (TPSA) is 48.4 Å². The van der Waals surface area contributed by atoms with Crippen LogP contribution in [-0.4, -0.2) is 7.11 Å². The van der Waals surface area contributed by atoms with Crippen LogP contribution in [0.3, 0.4) is 0 Å². The molecular formula is C16H13F2NO2. The number of ether oxygens (including phenoxy) is 1. The van der Waals surface area contributed by atoms with Crippen molar-refractivity contribution >= 4 is 11.0 Å². The Bertz CT molecular complexity index is 798. The zero-order chi connectivity index (χ0) is 15.0. The molecule has 1 atom stereocenters. The number of rotatable bonds is 3. The van der Waals surface area contributed by atoms with E-state index in [1.165, 1.54) is 12.1 Å². The number of nitrogens with two attached hydrogens (primary N) is 1. The third-order valence-corrected chi connectivity index (χ3v) is 3.35. The number of benzene rings is 2. The van der Waals surface area contributed by atoms with Crippen molar-refractivity contribution in [2.45, 2.75) is 6.04 Å². The zero-order valence-corrected chi connectivity index (χ0v) is 11.3. The van der Waals surface area contributed by atoms with Crippen LogP contribution in [0.25, 0.3) is 11.0 Å². The lowest BCUT2D eigenvalue weighted by molar-refractivity contribution is 0.414. The van der Waals surface area contributed by atoms with E-state index < -0.39 is 17.7 Å². The minimum Gasteiger partial charge on any atom is -0.497 e. The van der Waals surface area contributed by atoms with Crippen LogP contribution in [0, 0.1) is 11.6 Å².